The molecule has 0 aliphatic carbocycles. The lowest BCUT2D eigenvalue weighted by Gasteiger charge is -2.32. The van der Waals surface area contributed by atoms with Gasteiger partial charge >= 0.3 is 0 Å². The van der Waals surface area contributed by atoms with Crippen molar-refractivity contribution in [1.82, 2.24) is 4.90 Å². The van der Waals surface area contributed by atoms with Gasteiger partial charge in [-0.3, -0.25) is 4.90 Å². The zero-order valence-corrected chi connectivity index (χ0v) is 12.0. The molecule has 0 aromatic heterocycles. The van der Waals surface area contributed by atoms with Gasteiger partial charge in [0, 0.05) is 31.4 Å². The lowest BCUT2D eigenvalue weighted by Crippen LogP contribution is -2.35. The third-order valence-corrected chi connectivity index (χ3v) is 4.23. The van der Waals surface area contributed by atoms with Crippen molar-refractivity contribution >= 4 is 5.69 Å². The molecule has 2 nitrogen and oxygen atoms in total. The quantitative estimate of drug-likeness (QED) is 0.891. The van der Waals surface area contributed by atoms with E-state index in [2.05, 4.69) is 71.7 Å². The second-order valence-electron chi connectivity index (χ2n) is 5.46. The van der Waals surface area contributed by atoms with E-state index in [9.17, 15) is 0 Å². The highest BCUT2D eigenvalue weighted by Crippen LogP contribution is 2.23. The van der Waals surface area contributed by atoms with Crippen LogP contribution in [0.15, 0.2) is 54.6 Å². The lowest BCUT2D eigenvalue weighted by molar-refractivity contribution is 0.220. The number of benzene rings is 2. The first-order chi connectivity index (χ1) is 9.84. The Labute approximate surface area is 121 Å². The third kappa shape index (κ3) is 2.86. The van der Waals surface area contributed by atoms with Crippen molar-refractivity contribution in [2.45, 2.75) is 19.4 Å². The minimum Gasteiger partial charge on any atom is -0.384 e. The molecule has 104 valence electrons. The first-order valence-electron chi connectivity index (χ1n) is 7.45. The summed E-state index contributed by atoms with van der Waals surface area (Å²) < 4.78 is 0. The maximum absolute atomic E-state index is 3.56. The Morgan fingerprint density at radius 3 is 2.55 bits per heavy atom. The molecule has 0 radical (unpaired) electrons. The fraction of sp³-hybridized carbons (Fsp3) is 0.333. The van der Waals surface area contributed by atoms with Crippen molar-refractivity contribution in [2.24, 2.45) is 0 Å². The summed E-state index contributed by atoms with van der Waals surface area (Å²) in [6.07, 6.45) is 1.11. The summed E-state index contributed by atoms with van der Waals surface area (Å²) in [4.78, 5) is 2.57. The number of fused-ring (bicyclic) bond motifs is 1. The maximum atomic E-state index is 3.56. The Kier molecular flexibility index (Phi) is 4.03. The molecule has 1 aliphatic heterocycles. The molecule has 0 spiro atoms. The van der Waals surface area contributed by atoms with Crippen LogP contribution in [0.3, 0.4) is 0 Å². The van der Waals surface area contributed by atoms with Crippen LogP contribution in [0.4, 0.5) is 5.69 Å². The smallest absolute Gasteiger partial charge is 0.0373 e. The van der Waals surface area contributed by atoms with E-state index in [0.717, 1.165) is 26.1 Å². The van der Waals surface area contributed by atoms with Gasteiger partial charge in [-0.25, -0.2) is 0 Å². The molecule has 0 amide bonds. The van der Waals surface area contributed by atoms with Crippen molar-refractivity contribution in [3.8, 4) is 0 Å². The molecule has 20 heavy (non-hydrogen) atoms. The molecular formula is C18H22N2. The van der Waals surface area contributed by atoms with Crippen LogP contribution in [-0.4, -0.2) is 24.5 Å². The first kappa shape index (κ1) is 13.2. The summed E-state index contributed by atoms with van der Waals surface area (Å²) in [6.45, 7) is 5.52. The van der Waals surface area contributed by atoms with E-state index in [-0.39, 0.29) is 0 Å². The van der Waals surface area contributed by atoms with Gasteiger partial charge in [0.15, 0.2) is 0 Å². The molecule has 3 rings (SSSR count). The standard InChI is InChI=1S/C18H22N2/c1-15(16-7-3-2-4-8-16)20-13-11-17-9-5-6-10-18(17)19-12-14-20/h2-10,15,19H,11-14H2,1H3. The Balaban J connectivity index is 1.74. The number of hydrogen-bond acceptors (Lipinski definition) is 2. The second kappa shape index (κ2) is 6.10. The van der Waals surface area contributed by atoms with Gasteiger partial charge < -0.3 is 5.32 Å². The van der Waals surface area contributed by atoms with Crippen molar-refractivity contribution in [2.75, 3.05) is 25.0 Å². The number of anilines is 1. The first-order valence-corrected chi connectivity index (χ1v) is 7.45. The molecule has 1 N–H and O–H groups in total. The van der Waals surface area contributed by atoms with Crippen molar-refractivity contribution in [1.29, 1.82) is 0 Å². The lowest BCUT2D eigenvalue weighted by atomic mass is 10.0. The normalized spacial score (nSPS) is 17.4. The molecule has 2 aromatic rings. The van der Waals surface area contributed by atoms with Gasteiger partial charge in [0.1, 0.15) is 0 Å². The maximum Gasteiger partial charge on any atom is 0.0373 e. The van der Waals surface area contributed by atoms with E-state index >= 15 is 0 Å². The number of para-hydroxylation sites is 1. The molecule has 0 saturated carbocycles. The molecule has 2 heteroatoms. The van der Waals surface area contributed by atoms with Crippen molar-refractivity contribution in [3.05, 3.63) is 65.7 Å². The minimum atomic E-state index is 0.475. The highest BCUT2D eigenvalue weighted by Gasteiger charge is 2.17. The average Bonchev–Trinajstić information content (AvgIpc) is 2.48. The van der Waals surface area contributed by atoms with Gasteiger partial charge in [-0.1, -0.05) is 48.5 Å². The predicted octanol–water partition coefficient (Wildman–Crippen LogP) is 3.72. The Morgan fingerprint density at radius 1 is 0.950 bits per heavy atom. The summed E-state index contributed by atoms with van der Waals surface area (Å²) in [5, 5.41) is 3.56. The van der Waals surface area contributed by atoms with Gasteiger partial charge in [0.25, 0.3) is 0 Å². The van der Waals surface area contributed by atoms with Gasteiger partial charge in [-0.2, -0.15) is 0 Å². The van der Waals surface area contributed by atoms with Gasteiger partial charge in [-0.05, 0) is 30.5 Å². The van der Waals surface area contributed by atoms with Crippen molar-refractivity contribution < 1.29 is 0 Å². The van der Waals surface area contributed by atoms with Crippen LogP contribution in [0, 0.1) is 0 Å². The van der Waals surface area contributed by atoms with Crippen LogP contribution in [0.5, 0.6) is 0 Å². The zero-order valence-electron chi connectivity index (χ0n) is 12.0. The fourth-order valence-electron chi connectivity index (χ4n) is 2.95. The number of rotatable bonds is 2. The van der Waals surface area contributed by atoms with Gasteiger partial charge in [-0.15, -0.1) is 0 Å². The molecule has 0 saturated heterocycles. The molecule has 1 aliphatic rings. The van der Waals surface area contributed by atoms with Crippen LogP contribution >= 0.6 is 0 Å². The van der Waals surface area contributed by atoms with Crippen molar-refractivity contribution in [3.63, 3.8) is 0 Å². The second-order valence-corrected chi connectivity index (χ2v) is 5.46. The predicted molar refractivity (Wildman–Crippen MR) is 85.1 cm³/mol. The van der Waals surface area contributed by atoms with Crippen LogP contribution < -0.4 is 5.32 Å². The zero-order chi connectivity index (χ0) is 13.8. The van der Waals surface area contributed by atoms with Crippen LogP contribution in [0.1, 0.15) is 24.1 Å². The van der Waals surface area contributed by atoms with Crippen LogP contribution in [-0.2, 0) is 6.42 Å². The average molecular weight is 266 g/mol. The largest absolute Gasteiger partial charge is 0.384 e. The Bertz CT molecular complexity index is 550. The molecule has 1 atom stereocenters. The Hall–Kier alpha value is -1.80. The number of nitrogens with one attached hydrogen (secondary N) is 1. The molecular weight excluding hydrogens is 244 g/mol. The van der Waals surface area contributed by atoms with E-state index in [1.807, 2.05) is 0 Å². The molecule has 1 unspecified atom stereocenters. The summed E-state index contributed by atoms with van der Waals surface area (Å²) in [5.74, 6) is 0. The van der Waals surface area contributed by atoms with Crippen LogP contribution in [0.2, 0.25) is 0 Å². The summed E-state index contributed by atoms with van der Waals surface area (Å²) in [6, 6.07) is 19.9. The summed E-state index contributed by atoms with van der Waals surface area (Å²) in [5.41, 5.74) is 4.14. The number of hydrogen-bond donors (Lipinski definition) is 1. The summed E-state index contributed by atoms with van der Waals surface area (Å²) in [7, 11) is 0. The molecule has 1 heterocycles. The van der Waals surface area contributed by atoms with E-state index in [4.69, 9.17) is 0 Å². The van der Waals surface area contributed by atoms with Gasteiger partial charge in [0.2, 0.25) is 0 Å². The monoisotopic (exact) mass is 266 g/mol. The van der Waals surface area contributed by atoms with E-state index in [0.29, 0.717) is 6.04 Å². The highest BCUT2D eigenvalue weighted by molar-refractivity contribution is 5.51. The highest BCUT2D eigenvalue weighted by atomic mass is 15.2. The Morgan fingerprint density at radius 2 is 1.70 bits per heavy atom. The number of nitrogens with zero attached hydrogens (tertiary/aromatic N) is 1. The molecule has 0 fully saturated rings. The van der Waals surface area contributed by atoms with Crippen LogP contribution in [0.25, 0.3) is 0 Å². The van der Waals surface area contributed by atoms with E-state index in [1.54, 1.807) is 0 Å². The fourth-order valence-corrected chi connectivity index (χ4v) is 2.95. The minimum absolute atomic E-state index is 0.475. The molecule has 0 bridgehead atoms. The SMILES string of the molecule is CC(c1ccccc1)N1CCNc2ccccc2CC1. The molecule has 2 aromatic carbocycles. The topological polar surface area (TPSA) is 15.3 Å². The van der Waals surface area contributed by atoms with E-state index < -0.39 is 0 Å². The van der Waals surface area contributed by atoms with Gasteiger partial charge in [0.05, 0.1) is 0 Å². The third-order valence-electron chi connectivity index (χ3n) is 4.23. The summed E-state index contributed by atoms with van der Waals surface area (Å²) >= 11 is 0. The van der Waals surface area contributed by atoms with E-state index in [1.165, 1.54) is 16.8 Å².